The van der Waals surface area contributed by atoms with E-state index in [1.165, 1.54) is 11.3 Å². The van der Waals surface area contributed by atoms with Gasteiger partial charge in [-0.05, 0) is 49.9 Å². The Labute approximate surface area is 187 Å². The highest BCUT2D eigenvalue weighted by Crippen LogP contribution is 2.38. The Balaban J connectivity index is 1.18. The van der Waals surface area contributed by atoms with Crippen molar-refractivity contribution in [3.63, 3.8) is 0 Å². The predicted molar refractivity (Wildman–Crippen MR) is 118 cm³/mol. The lowest BCUT2D eigenvalue weighted by Crippen LogP contribution is -2.34. The van der Waals surface area contributed by atoms with Gasteiger partial charge in [0.15, 0.2) is 5.82 Å². The van der Waals surface area contributed by atoms with E-state index >= 15 is 0 Å². The maximum Gasteiger partial charge on any atom is 0.233 e. The molecular weight excluding hydrogens is 406 g/mol. The second-order valence-corrected chi connectivity index (χ2v) is 9.10. The van der Waals surface area contributed by atoms with E-state index in [1.807, 2.05) is 24.3 Å². The first-order valence-corrected chi connectivity index (χ1v) is 11.8. The third-order valence-electron chi connectivity index (χ3n) is 7.03. The van der Waals surface area contributed by atoms with Gasteiger partial charge in [0.2, 0.25) is 17.7 Å². The Hall–Kier alpha value is -3.03. The normalized spacial score (nSPS) is 22.9. The fourth-order valence-electron chi connectivity index (χ4n) is 5.29. The molecule has 0 bridgehead atoms. The van der Waals surface area contributed by atoms with Gasteiger partial charge < -0.3 is 9.88 Å². The number of rotatable bonds is 5. The summed E-state index contributed by atoms with van der Waals surface area (Å²) < 4.78 is 2.20. The van der Waals surface area contributed by atoms with E-state index in [-0.39, 0.29) is 42.5 Å². The molecule has 3 heterocycles. The highest BCUT2D eigenvalue weighted by Gasteiger charge is 2.47. The van der Waals surface area contributed by atoms with E-state index < -0.39 is 0 Å². The van der Waals surface area contributed by atoms with E-state index in [2.05, 4.69) is 20.1 Å². The number of hydrogen-bond acceptors (Lipinski definition) is 5. The maximum absolute atomic E-state index is 12.6. The third-order valence-corrected chi connectivity index (χ3v) is 7.03. The number of likely N-dealkylation sites (tertiary alicyclic amines) is 1. The van der Waals surface area contributed by atoms with Crippen molar-refractivity contribution in [2.75, 3.05) is 11.9 Å². The fourth-order valence-corrected chi connectivity index (χ4v) is 5.29. The summed E-state index contributed by atoms with van der Waals surface area (Å²) in [5.74, 6) is 1.18. The minimum Gasteiger partial charge on any atom is -0.326 e. The van der Waals surface area contributed by atoms with Crippen LogP contribution in [0.3, 0.4) is 0 Å². The van der Waals surface area contributed by atoms with Crippen molar-refractivity contribution >= 4 is 23.4 Å². The Morgan fingerprint density at radius 1 is 0.938 bits per heavy atom. The van der Waals surface area contributed by atoms with Crippen LogP contribution in [0.4, 0.5) is 5.69 Å². The number of fused-ring (bicyclic) bond motifs is 2. The molecule has 1 aliphatic carbocycles. The molecular formula is C24H29N5O3. The van der Waals surface area contributed by atoms with Crippen LogP contribution in [-0.2, 0) is 27.3 Å². The molecule has 2 aromatic rings. The molecule has 1 saturated heterocycles. The van der Waals surface area contributed by atoms with Crippen molar-refractivity contribution in [1.29, 1.82) is 0 Å². The first-order valence-electron chi connectivity index (χ1n) is 11.8. The van der Waals surface area contributed by atoms with Crippen LogP contribution in [0.25, 0.3) is 11.4 Å². The topological polar surface area (TPSA) is 97.2 Å². The quantitative estimate of drug-likeness (QED) is 0.728. The minimum atomic E-state index is -0.204. The van der Waals surface area contributed by atoms with Gasteiger partial charge in [-0.2, -0.15) is 0 Å². The van der Waals surface area contributed by atoms with E-state index in [0.717, 1.165) is 68.7 Å². The van der Waals surface area contributed by atoms with E-state index in [1.54, 1.807) is 0 Å². The average Bonchev–Trinajstić information content (AvgIpc) is 3.21. The molecule has 1 aromatic heterocycles. The summed E-state index contributed by atoms with van der Waals surface area (Å²) in [7, 11) is 0. The molecule has 1 saturated carbocycles. The SMILES string of the molecule is O=C(CCN1C(=O)[C@@H]2CCCC[C@H]2C1=O)Nc1ccc(-c2nnc3n2CCCCC3)cc1. The zero-order chi connectivity index (χ0) is 22.1. The number of nitrogens with one attached hydrogen (secondary N) is 1. The van der Waals surface area contributed by atoms with Gasteiger partial charge in [0.25, 0.3) is 0 Å². The molecule has 1 N–H and O–H groups in total. The first-order chi connectivity index (χ1) is 15.6. The zero-order valence-electron chi connectivity index (χ0n) is 18.3. The molecule has 2 aliphatic heterocycles. The van der Waals surface area contributed by atoms with Crippen molar-refractivity contribution in [3.05, 3.63) is 30.1 Å². The number of anilines is 1. The number of carbonyl (C=O) groups excluding carboxylic acids is 3. The molecule has 2 atom stereocenters. The fraction of sp³-hybridized carbons (Fsp3) is 0.542. The van der Waals surface area contributed by atoms with Crippen LogP contribution in [0.15, 0.2) is 24.3 Å². The molecule has 3 aliphatic rings. The lowest BCUT2D eigenvalue weighted by molar-refractivity contribution is -0.140. The maximum atomic E-state index is 12.6. The second-order valence-electron chi connectivity index (χ2n) is 9.10. The van der Waals surface area contributed by atoms with Crippen molar-refractivity contribution in [2.45, 2.75) is 64.3 Å². The summed E-state index contributed by atoms with van der Waals surface area (Å²) in [5.41, 5.74) is 1.65. The number of aryl methyl sites for hydroxylation is 1. The Bertz CT molecular complexity index is 1000. The highest BCUT2D eigenvalue weighted by molar-refractivity contribution is 6.05. The van der Waals surface area contributed by atoms with Crippen LogP contribution in [0.1, 0.15) is 57.2 Å². The van der Waals surface area contributed by atoms with E-state index in [0.29, 0.717) is 5.69 Å². The Morgan fingerprint density at radius 2 is 1.66 bits per heavy atom. The van der Waals surface area contributed by atoms with Gasteiger partial charge in [-0.25, -0.2) is 0 Å². The number of hydrogen-bond donors (Lipinski definition) is 1. The van der Waals surface area contributed by atoms with Crippen LogP contribution >= 0.6 is 0 Å². The molecule has 3 amide bonds. The lowest BCUT2D eigenvalue weighted by atomic mass is 9.81. The van der Waals surface area contributed by atoms with Crippen LogP contribution < -0.4 is 5.32 Å². The molecule has 32 heavy (non-hydrogen) atoms. The van der Waals surface area contributed by atoms with Crippen LogP contribution in [-0.4, -0.2) is 43.9 Å². The van der Waals surface area contributed by atoms with Crippen LogP contribution in [0.5, 0.6) is 0 Å². The summed E-state index contributed by atoms with van der Waals surface area (Å²) in [6, 6.07) is 7.59. The first kappa shape index (κ1) is 20.8. The highest BCUT2D eigenvalue weighted by atomic mass is 16.2. The van der Waals surface area contributed by atoms with Gasteiger partial charge in [0.05, 0.1) is 11.8 Å². The number of imide groups is 1. The standard InChI is InChI=1S/C24H29N5O3/c30-21(13-15-29-23(31)18-6-3-4-7-19(18)24(29)32)25-17-11-9-16(10-12-17)22-27-26-20-8-2-1-5-14-28(20)22/h9-12,18-19H,1-8,13-15H2,(H,25,30)/t18-,19-/m1/s1. The Kier molecular flexibility index (Phi) is 5.76. The van der Waals surface area contributed by atoms with Crippen LogP contribution in [0.2, 0.25) is 0 Å². The summed E-state index contributed by atoms with van der Waals surface area (Å²) in [6.45, 7) is 1.09. The average molecular weight is 436 g/mol. The van der Waals surface area contributed by atoms with Crippen LogP contribution in [0, 0.1) is 11.8 Å². The van der Waals surface area contributed by atoms with Gasteiger partial charge in [-0.15, -0.1) is 10.2 Å². The summed E-state index contributed by atoms with van der Waals surface area (Å²) in [5, 5.41) is 11.6. The van der Waals surface area contributed by atoms with Crippen molar-refractivity contribution in [1.82, 2.24) is 19.7 Å². The Morgan fingerprint density at radius 3 is 2.38 bits per heavy atom. The number of nitrogens with zero attached hydrogens (tertiary/aromatic N) is 4. The second kappa shape index (κ2) is 8.84. The molecule has 2 fully saturated rings. The molecule has 1 aromatic carbocycles. The van der Waals surface area contributed by atoms with Crippen molar-refractivity contribution < 1.29 is 14.4 Å². The van der Waals surface area contributed by atoms with E-state index in [9.17, 15) is 14.4 Å². The molecule has 0 spiro atoms. The summed E-state index contributed by atoms with van der Waals surface area (Å²) in [6.07, 6.45) is 8.16. The molecule has 0 radical (unpaired) electrons. The van der Waals surface area contributed by atoms with E-state index in [4.69, 9.17) is 0 Å². The smallest absolute Gasteiger partial charge is 0.233 e. The molecule has 168 valence electrons. The lowest BCUT2D eigenvalue weighted by Gasteiger charge is -2.19. The van der Waals surface area contributed by atoms with Gasteiger partial charge in [0.1, 0.15) is 5.82 Å². The van der Waals surface area contributed by atoms with Crippen molar-refractivity contribution in [2.24, 2.45) is 11.8 Å². The number of carbonyl (C=O) groups is 3. The van der Waals surface area contributed by atoms with Gasteiger partial charge in [-0.3, -0.25) is 19.3 Å². The predicted octanol–water partition coefficient (Wildman–Crippen LogP) is 3.18. The number of amides is 3. The van der Waals surface area contributed by atoms with Gasteiger partial charge in [0, 0.05) is 37.2 Å². The molecule has 5 rings (SSSR count). The molecule has 8 nitrogen and oxygen atoms in total. The minimum absolute atomic E-state index is 0.0932. The monoisotopic (exact) mass is 435 g/mol. The third kappa shape index (κ3) is 3.94. The number of aromatic nitrogens is 3. The number of benzene rings is 1. The molecule has 0 unspecified atom stereocenters. The summed E-state index contributed by atoms with van der Waals surface area (Å²) in [4.78, 5) is 38.9. The van der Waals surface area contributed by atoms with Gasteiger partial charge >= 0.3 is 0 Å². The van der Waals surface area contributed by atoms with Gasteiger partial charge in [-0.1, -0.05) is 19.3 Å². The zero-order valence-corrected chi connectivity index (χ0v) is 18.3. The largest absolute Gasteiger partial charge is 0.326 e. The summed E-state index contributed by atoms with van der Waals surface area (Å²) >= 11 is 0. The van der Waals surface area contributed by atoms with Crippen molar-refractivity contribution in [3.8, 4) is 11.4 Å². The molecule has 8 heteroatoms.